The molecule has 0 aliphatic rings. The summed E-state index contributed by atoms with van der Waals surface area (Å²) < 4.78 is 3.32. The zero-order valence-electron chi connectivity index (χ0n) is 10.4. The van der Waals surface area contributed by atoms with Gasteiger partial charge in [0.15, 0.2) is 0 Å². The predicted octanol–water partition coefficient (Wildman–Crippen LogP) is 1.61. The molecule has 0 spiro atoms. The molecule has 0 fully saturated rings. The molecule has 92 valence electrons. The molecular formula is C15H11N3O. The number of aryl methyl sites for hydroxylation is 1. The van der Waals surface area contributed by atoms with E-state index in [9.17, 15) is 5.11 Å². The van der Waals surface area contributed by atoms with Crippen LogP contribution in [0.25, 0.3) is 21.8 Å². The third-order valence-electron chi connectivity index (χ3n) is 3.54. The largest absolute Gasteiger partial charge is 0.840 e. The van der Waals surface area contributed by atoms with Gasteiger partial charge in [-0.2, -0.15) is 0 Å². The SMILES string of the molecule is Cc1c2ccccc2c([O-])[n+]2c3ccccc3nn12. The number of benzene rings is 2. The predicted molar refractivity (Wildman–Crippen MR) is 70.0 cm³/mol. The summed E-state index contributed by atoms with van der Waals surface area (Å²) in [4.78, 5) is 0. The van der Waals surface area contributed by atoms with Crippen molar-refractivity contribution in [2.75, 3.05) is 0 Å². The van der Waals surface area contributed by atoms with Gasteiger partial charge in [-0.3, -0.25) is 0 Å². The Morgan fingerprint density at radius 3 is 2.53 bits per heavy atom. The quantitative estimate of drug-likeness (QED) is 0.444. The summed E-state index contributed by atoms with van der Waals surface area (Å²) in [6, 6.07) is 15.3. The Morgan fingerprint density at radius 1 is 1.00 bits per heavy atom. The molecule has 0 aliphatic heterocycles. The number of aromatic nitrogens is 3. The zero-order chi connectivity index (χ0) is 13.0. The fourth-order valence-electron chi connectivity index (χ4n) is 2.60. The van der Waals surface area contributed by atoms with Gasteiger partial charge >= 0.3 is 0 Å². The first-order valence-corrected chi connectivity index (χ1v) is 6.15. The molecule has 0 amide bonds. The van der Waals surface area contributed by atoms with Gasteiger partial charge in [-0.1, -0.05) is 36.4 Å². The first-order chi connectivity index (χ1) is 9.27. The van der Waals surface area contributed by atoms with Crippen LogP contribution in [0.15, 0.2) is 48.5 Å². The molecule has 2 aromatic heterocycles. The van der Waals surface area contributed by atoms with Crippen LogP contribution >= 0.6 is 0 Å². The van der Waals surface area contributed by atoms with Crippen LogP contribution in [0.3, 0.4) is 0 Å². The topological polar surface area (TPSA) is 44.5 Å². The summed E-state index contributed by atoms with van der Waals surface area (Å²) in [5.74, 6) is -0.0325. The Morgan fingerprint density at radius 2 is 1.68 bits per heavy atom. The van der Waals surface area contributed by atoms with Gasteiger partial charge in [0.2, 0.25) is 11.0 Å². The van der Waals surface area contributed by atoms with E-state index in [0.29, 0.717) is 0 Å². The minimum absolute atomic E-state index is 0.0325. The van der Waals surface area contributed by atoms with Crippen molar-refractivity contribution in [2.45, 2.75) is 6.92 Å². The molecule has 4 aromatic rings. The average Bonchev–Trinajstić information content (AvgIpc) is 2.84. The van der Waals surface area contributed by atoms with Gasteiger partial charge < -0.3 is 5.11 Å². The maximum Gasteiger partial charge on any atom is 0.250 e. The van der Waals surface area contributed by atoms with E-state index < -0.39 is 0 Å². The molecule has 4 rings (SSSR count). The van der Waals surface area contributed by atoms with Gasteiger partial charge in [-0.05, 0) is 23.7 Å². The summed E-state index contributed by atoms with van der Waals surface area (Å²) in [5, 5.41) is 18.8. The first kappa shape index (κ1) is 10.3. The van der Waals surface area contributed by atoms with Crippen molar-refractivity contribution in [3.05, 3.63) is 54.2 Å². The number of nitrogens with zero attached hydrogens (tertiary/aromatic N) is 3. The van der Waals surface area contributed by atoms with E-state index in [-0.39, 0.29) is 5.88 Å². The van der Waals surface area contributed by atoms with E-state index in [1.165, 1.54) is 0 Å². The van der Waals surface area contributed by atoms with Crippen molar-refractivity contribution in [1.82, 2.24) is 9.73 Å². The summed E-state index contributed by atoms with van der Waals surface area (Å²) in [7, 11) is 0. The van der Waals surface area contributed by atoms with Crippen LogP contribution in [0.1, 0.15) is 5.69 Å². The van der Waals surface area contributed by atoms with Gasteiger partial charge in [0.1, 0.15) is 5.69 Å². The minimum Gasteiger partial charge on any atom is -0.840 e. The smallest absolute Gasteiger partial charge is 0.250 e. The lowest BCUT2D eigenvalue weighted by Crippen LogP contribution is -2.34. The molecule has 0 atom stereocenters. The monoisotopic (exact) mass is 249 g/mol. The van der Waals surface area contributed by atoms with E-state index in [2.05, 4.69) is 5.10 Å². The first-order valence-electron chi connectivity index (χ1n) is 6.15. The number of para-hydroxylation sites is 1. The van der Waals surface area contributed by atoms with Crippen LogP contribution in [-0.4, -0.2) is 9.73 Å². The molecule has 4 nitrogen and oxygen atoms in total. The second-order valence-electron chi connectivity index (χ2n) is 4.63. The van der Waals surface area contributed by atoms with Crippen molar-refractivity contribution in [3.63, 3.8) is 0 Å². The van der Waals surface area contributed by atoms with E-state index in [0.717, 1.165) is 27.5 Å². The molecular weight excluding hydrogens is 238 g/mol. The Hall–Kier alpha value is -2.62. The Labute approximate surface area is 109 Å². The highest BCUT2D eigenvalue weighted by molar-refractivity contribution is 5.87. The van der Waals surface area contributed by atoms with E-state index in [1.807, 2.05) is 55.5 Å². The summed E-state index contributed by atoms with van der Waals surface area (Å²) in [6.07, 6.45) is 0. The Kier molecular flexibility index (Phi) is 1.87. The van der Waals surface area contributed by atoms with Crippen molar-refractivity contribution in [1.29, 1.82) is 0 Å². The van der Waals surface area contributed by atoms with E-state index in [1.54, 1.807) is 9.15 Å². The molecule has 0 aliphatic carbocycles. The van der Waals surface area contributed by atoms with Crippen molar-refractivity contribution >= 4 is 21.8 Å². The molecule has 2 heterocycles. The van der Waals surface area contributed by atoms with Crippen LogP contribution in [0.4, 0.5) is 0 Å². The lowest BCUT2D eigenvalue weighted by molar-refractivity contribution is -0.649. The zero-order valence-corrected chi connectivity index (χ0v) is 10.4. The molecule has 0 bridgehead atoms. The number of fused-ring (bicyclic) bond motifs is 4. The molecule has 19 heavy (non-hydrogen) atoms. The fourth-order valence-corrected chi connectivity index (χ4v) is 2.60. The average molecular weight is 249 g/mol. The summed E-state index contributed by atoms with van der Waals surface area (Å²) in [5.41, 5.74) is 2.62. The minimum atomic E-state index is -0.0325. The highest BCUT2D eigenvalue weighted by Gasteiger charge is 2.18. The van der Waals surface area contributed by atoms with Crippen molar-refractivity contribution in [3.8, 4) is 5.88 Å². The van der Waals surface area contributed by atoms with Crippen molar-refractivity contribution in [2.24, 2.45) is 0 Å². The lowest BCUT2D eigenvalue weighted by atomic mass is 10.1. The molecule has 4 heteroatoms. The molecule has 0 unspecified atom stereocenters. The lowest BCUT2D eigenvalue weighted by Gasteiger charge is -2.10. The third kappa shape index (κ3) is 1.23. The van der Waals surface area contributed by atoms with Crippen LogP contribution in [0.5, 0.6) is 5.88 Å². The third-order valence-corrected chi connectivity index (χ3v) is 3.54. The molecule has 0 saturated heterocycles. The van der Waals surface area contributed by atoms with Crippen LogP contribution in [-0.2, 0) is 0 Å². The van der Waals surface area contributed by atoms with Crippen molar-refractivity contribution < 1.29 is 9.62 Å². The van der Waals surface area contributed by atoms with Crippen LogP contribution in [0, 0.1) is 6.92 Å². The van der Waals surface area contributed by atoms with Gasteiger partial charge in [0, 0.05) is 10.8 Å². The number of hydrogen-bond donors (Lipinski definition) is 0. The van der Waals surface area contributed by atoms with E-state index in [4.69, 9.17) is 0 Å². The standard InChI is InChI=1S/C15H11N3O/c1-10-11-6-2-3-7-12(11)15(19)17-14-9-5-4-8-13(14)16-18(10)17/h2-9H,1H3. The van der Waals surface area contributed by atoms with Gasteiger partial charge in [0.05, 0.1) is 11.0 Å². The number of rotatable bonds is 0. The summed E-state index contributed by atoms with van der Waals surface area (Å²) in [6.45, 7) is 1.98. The molecule has 0 radical (unpaired) electrons. The second-order valence-corrected chi connectivity index (χ2v) is 4.63. The number of hydrogen-bond acceptors (Lipinski definition) is 2. The molecule has 0 N–H and O–H groups in total. The molecule has 0 saturated carbocycles. The van der Waals surface area contributed by atoms with Gasteiger partial charge in [0.25, 0.3) is 0 Å². The summed E-state index contributed by atoms with van der Waals surface area (Å²) >= 11 is 0. The highest BCUT2D eigenvalue weighted by Crippen LogP contribution is 2.22. The van der Waals surface area contributed by atoms with Crippen LogP contribution < -0.4 is 9.62 Å². The Balaban J connectivity index is 2.39. The van der Waals surface area contributed by atoms with Gasteiger partial charge in [-0.15, -0.1) is 4.52 Å². The Bertz CT molecular complexity index is 940. The molecule has 2 aromatic carbocycles. The maximum atomic E-state index is 12.6. The fraction of sp³-hybridized carbons (Fsp3) is 0.0667. The highest BCUT2D eigenvalue weighted by atomic mass is 16.3. The maximum absolute atomic E-state index is 12.6. The van der Waals surface area contributed by atoms with Gasteiger partial charge in [-0.25, -0.2) is 0 Å². The second kappa shape index (κ2) is 3.45. The van der Waals surface area contributed by atoms with Crippen LogP contribution in [0.2, 0.25) is 0 Å². The van der Waals surface area contributed by atoms with E-state index >= 15 is 0 Å². The normalized spacial score (nSPS) is 11.6.